The van der Waals surface area contributed by atoms with Gasteiger partial charge in [0, 0.05) is 24.2 Å². The van der Waals surface area contributed by atoms with Crippen LogP contribution in [0.2, 0.25) is 5.02 Å². The van der Waals surface area contributed by atoms with E-state index in [9.17, 15) is 18.0 Å². The first kappa shape index (κ1) is 34.5. The van der Waals surface area contributed by atoms with Crippen molar-refractivity contribution < 1.29 is 32.2 Å². The number of nitrogens with one attached hydrogen (secondary N) is 1. The minimum absolute atomic E-state index is 0.0584. The Morgan fingerprint density at radius 1 is 0.864 bits per heavy atom. The Labute approximate surface area is 264 Å². The highest BCUT2D eigenvalue weighted by Gasteiger charge is 2.34. The highest BCUT2D eigenvalue weighted by atomic mass is 35.5. The van der Waals surface area contributed by atoms with Gasteiger partial charge in [-0.15, -0.1) is 0 Å². The standard InChI is InChI=1S/C32H40ClN3O7S/c1-22(2)20-34-32(38)23(3)35(17-16-24-10-8-7-9-11-24)31(37)21-36(27-18-25(33)12-14-28(27)41-4)44(39,40)26-13-15-29(42-5)30(19-26)43-6/h7-15,18-19,22-23H,16-17,20-21H2,1-6H3,(H,34,38)/t23-/m1/s1. The van der Waals surface area contributed by atoms with Crippen LogP contribution < -0.4 is 23.8 Å². The molecule has 3 aromatic rings. The van der Waals surface area contributed by atoms with Crippen LogP contribution in [-0.4, -0.2) is 72.1 Å². The third-order valence-electron chi connectivity index (χ3n) is 6.97. The molecule has 0 saturated carbocycles. The van der Waals surface area contributed by atoms with E-state index in [1.54, 1.807) is 13.0 Å². The Bertz CT molecular complexity index is 1530. The van der Waals surface area contributed by atoms with Gasteiger partial charge in [-0.1, -0.05) is 55.8 Å². The third kappa shape index (κ3) is 8.57. The van der Waals surface area contributed by atoms with Gasteiger partial charge in [0.05, 0.1) is 31.9 Å². The molecule has 0 radical (unpaired) electrons. The van der Waals surface area contributed by atoms with Gasteiger partial charge in [0.25, 0.3) is 10.0 Å². The number of halogens is 1. The highest BCUT2D eigenvalue weighted by Crippen LogP contribution is 2.37. The van der Waals surface area contributed by atoms with Crippen molar-refractivity contribution in [3.63, 3.8) is 0 Å². The first-order chi connectivity index (χ1) is 20.9. The van der Waals surface area contributed by atoms with Crippen LogP contribution in [0.25, 0.3) is 0 Å². The van der Waals surface area contributed by atoms with Gasteiger partial charge in [-0.25, -0.2) is 8.42 Å². The second-order valence-corrected chi connectivity index (χ2v) is 12.8. The van der Waals surface area contributed by atoms with Crippen LogP contribution in [0.3, 0.4) is 0 Å². The largest absolute Gasteiger partial charge is 0.495 e. The molecular formula is C32H40ClN3O7S. The number of benzene rings is 3. The van der Waals surface area contributed by atoms with Crippen LogP contribution >= 0.6 is 11.6 Å². The number of hydrogen-bond donors (Lipinski definition) is 1. The molecule has 0 heterocycles. The van der Waals surface area contributed by atoms with Crippen LogP contribution in [0, 0.1) is 5.92 Å². The zero-order valence-corrected chi connectivity index (χ0v) is 27.4. The van der Waals surface area contributed by atoms with Crippen molar-refractivity contribution in [3.05, 3.63) is 77.3 Å². The Balaban J connectivity index is 2.08. The molecule has 1 atom stereocenters. The molecule has 0 aliphatic carbocycles. The lowest BCUT2D eigenvalue weighted by Gasteiger charge is -2.32. The first-order valence-electron chi connectivity index (χ1n) is 14.1. The van der Waals surface area contributed by atoms with E-state index >= 15 is 0 Å². The number of ether oxygens (including phenoxy) is 3. The number of hydrogen-bond acceptors (Lipinski definition) is 7. The Hall–Kier alpha value is -3.96. The number of anilines is 1. The molecule has 0 saturated heterocycles. The number of nitrogens with zero attached hydrogens (tertiary/aromatic N) is 2. The van der Waals surface area contributed by atoms with E-state index in [1.807, 2.05) is 44.2 Å². The average molecular weight is 646 g/mol. The molecule has 44 heavy (non-hydrogen) atoms. The topological polar surface area (TPSA) is 114 Å². The van der Waals surface area contributed by atoms with Crippen LogP contribution in [0.15, 0.2) is 71.6 Å². The maximum atomic E-state index is 14.3. The fourth-order valence-electron chi connectivity index (χ4n) is 4.50. The zero-order chi connectivity index (χ0) is 32.4. The molecule has 1 N–H and O–H groups in total. The summed E-state index contributed by atoms with van der Waals surface area (Å²) in [4.78, 5) is 28.5. The predicted octanol–water partition coefficient (Wildman–Crippen LogP) is 4.79. The van der Waals surface area contributed by atoms with Crippen molar-refractivity contribution in [1.82, 2.24) is 10.2 Å². The van der Waals surface area contributed by atoms with Crippen LogP contribution in [-0.2, 0) is 26.0 Å². The summed E-state index contributed by atoms with van der Waals surface area (Å²) < 4.78 is 45.6. The van der Waals surface area contributed by atoms with Crippen LogP contribution in [0.5, 0.6) is 17.2 Å². The number of carbonyl (C=O) groups is 2. The van der Waals surface area contributed by atoms with E-state index in [0.29, 0.717) is 18.7 Å². The van der Waals surface area contributed by atoms with Gasteiger partial charge >= 0.3 is 0 Å². The van der Waals surface area contributed by atoms with Gasteiger partial charge in [0.1, 0.15) is 18.3 Å². The summed E-state index contributed by atoms with van der Waals surface area (Å²) in [6.07, 6.45) is 0.456. The van der Waals surface area contributed by atoms with Gasteiger partial charge in [-0.2, -0.15) is 0 Å². The normalized spacial score (nSPS) is 11.9. The number of rotatable bonds is 15. The molecule has 0 bridgehead atoms. The van der Waals surface area contributed by atoms with E-state index in [4.69, 9.17) is 25.8 Å². The minimum atomic E-state index is -4.41. The Kier molecular flexibility index (Phi) is 12.3. The smallest absolute Gasteiger partial charge is 0.265 e. The summed E-state index contributed by atoms with van der Waals surface area (Å²) in [5.41, 5.74) is 1.02. The van der Waals surface area contributed by atoms with Crippen molar-refractivity contribution in [2.24, 2.45) is 5.92 Å². The van der Waals surface area contributed by atoms with Crippen LogP contribution in [0.4, 0.5) is 5.69 Å². The van der Waals surface area contributed by atoms with Crippen molar-refractivity contribution in [1.29, 1.82) is 0 Å². The molecule has 0 aromatic heterocycles. The summed E-state index contributed by atoms with van der Waals surface area (Å²) in [6, 6.07) is 17.3. The van der Waals surface area contributed by atoms with Gasteiger partial charge in [-0.3, -0.25) is 13.9 Å². The predicted molar refractivity (Wildman–Crippen MR) is 171 cm³/mol. The molecule has 0 spiro atoms. The number of methoxy groups -OCH3 is 3. The maximum absolute atomic E-state index is 14.3. The summed E-state index contributed by atoms with van der Waals surface area (Å²) >= 11 is 6.31. The molecule has 3 aromatic carbocycles. The summed E-state index contributed by atoms with van der Waals surface area (Å²) in [5, 5.41) is 3.12. The van der Waals surface area contributed by atoms with E-state index in [1.165, 1.54) is 56.6 Å². The van der Waals surface area contributed by atoms with Gasteiger partial charge in [0.15, 0.2) is 11.5 Å². The SMILES string of the molecule is COc1ccc(S(=O)(=O)N(CC(=O)N(CCc2ccccc2)[C@H](C)C(=O)NCC(C)C)c2cc(Cl)ccc2OC)cc1OC. The number of carbonyl (C=O) groups excluding carboxylic acids is 2. The van der Waals surface area contributed by atoms with E-state index in [-0.39, 0.29) is 45.5 Å². The molecule has 0 unspecified atom stereocenters. The van der Waals surface area contributed by atoms with Crippen molar-refractivity contribution in [2.75, 3.05) is 45.3 Å². The molecule has 3 rings (SSSR count). The summed E-state index contributed by atoms with van der Waals surface area (Å²) in [6.45, 7) is 5.55. The molecule has 0 fully saturated rings. The van der Waals surface area contributed by atoms with Crippen molar-refractivity contribution in [2.45, 2.75) is 38.1 Å². The second kappa shape index (κ2) is 15.7. The average Bonchev–Trinajstić information content (AvgIpc) is 3.02. The van der Waals surface area contributed by atoms with E-state index < -0.39 is 28.5 Å². The summed E-state index contributed by atoms with van der Waals surface area (Å²) in [5.74, 6) is -0.00335. The number of sulfonamides is 1. The zero-order valence-electron chi connectivity index (χ0n) is 25.9. The van der Waals surface area contributed by atoms with Crippen molar-refractivity contribution >= 4 is 39.1 Å². The molecular weight excluding hydrogens is 606 g/mol. The van der Waals surface area contributed by atoms with Gasteiger partial charge in [-0.05, 0) is 55.2 Å². The maximum Gasteiger partial charge on any atom is 0.265 e. The molecule has 0 aliphatic heterocycles. The quantitative estimate of drug-likeness (QED) is 0.253. The minimum Gasteiger partial charge on any atom is -0.495 e. The lowest BCUT2D eigenvalue weighted by molar-refractivity contribution is -0.138. The monoisotopic (exact) mass is 645 g/mol. The molecule has 0 aliphatic rings. The lowest BCUT2D eigenvalue weighted by atomic mass is 10.1. The third-order valence-corrected chi connectivity index (χ3v) is 8.96. The Morgan fingerprint density at radius 3 is 2.11 bits per heavy atom. The molecule has 2 amide bonds. The van der Waals surface area contributed by atoms with Crippen LogP contribution in [0.1, 0.15) is 26.3 Å². The van der Waals surface area contributed by atoms with E-state index in [2.05, 4.69) is 5.32 Å². The lowest BCUT2D eigenvalue weighted by Crippen LogP contribution is -2.52. The van der Waals surface area contributed by atoms with Crippen molar-refractivity contribution in [3.8, 4) is 17.2 Å². The molecule has 238 valence electrons. The molecule has 10 nitrogen and oxygen atoms in total. The number of amides is 2. The fraction of sp³-hybridized carbons (Fsp3) is 0.375. The Morgan fingerprint density at radius 2 is 1.50 bits per heavy atom. The van der Waals surface area contributed by atoms with Gasteiger partial charge < -0.3 is 24.4 Å². The summed E-state index contributed by atoms with van der Waals surface area (Å²) in [7, 11) is -0.186. The first-order valence-corrected chi connectivity index (χ1v) is 15.9. The fourth-order valence-corrected chi connectivity index (χ4v) is 6.10. The molecule has 12 heteroatoms. The van der Waals surface area contributed by atoms with E-state index in [0.717, 1.165) is 9.87 Å². The highest BCUT2D eigenvalue weighted by molar-refractivity contribution is 7.92. The second-order valence-electron chi connectivity index (χ2n) is 10.5. The van der Waals surface area contributed by atoms with Gasteiger partial charge in [0.2, 0.25) is 11.8 Å².